The summed E-state index contributed by atoms with van der Waals surface area (Å²) >= 11 is 3.65. The van der Waals surface area contributed by atoms with Crippen molar-refractivity contribution in [3.63, 3.8) is 0 Å². The molecule has 6 heteroatoms. The van der Waals surface area contributed by atoms with Crippen LogP contribution < -0.4 is 10.9 Å². The van der Waals surface area contributed by atoms with E-state index in [9.17, 15) is 4.79 Å². The molecule has 0 aliphatic rings. The molecule has 2 N–H and O–H groups in total. The molecule has 78 valence electrons. The molecular formula is C9H8IN3OS. The van der Waals surface area contributed by atoms with Crippen molar-refractivity contribution in [3.8, 4) is 0 Å². The molecule has 0 saturated carbocycles. The Hall–Kier alpha value is -0.890. The van der Waals surface area contributed by atoms with Crippen molar-refractivity contribution >= 4 is 39.7 Å². The molecule has 0 radical (unpaired) electrons. The number of hydrogen-bond acceptors (Lipinski definition) is 4. The van der Waals surface area contributed by atoms with Gasteiger partial charge >= 0.3 is 0 Å². The molecule has 0 aliphatic carbocycles. The summed E-state index contributed by atoms with van der Waals surface area (Å²) in [5.41, 5.74) is -0.112. The quantitative estimate of drug-likeness (QED) is 0.846. The molecule has 2 rings (SSSR count). The molecule has 0 saturated heterocycles. The van der Waals surface area contributed by atoms with Crippen LogP contribution in [0.3, 0.4) is 0 Å². The number of H-pyrrole nitrogens is 1. The summed E-state index contributed by atoms with van der Waals surface area (Å²) in [6.45, 7) is 0.699. The normalized spacial score (nSPS) is 10.2. The molecule has 4 nitrogen and oxygen atoms in total. The monoisotopic (exact) mass is 333 g/mol. The van der Waals surface area contributed by atoms with E-state index in [-0.39, 0.29) is 5.56 Å². The van der Waals surface area contributed by atoms with E-state index >= 15 is 0 Å². The number of nitrogens with zero attached hydrogens (tertiary/aromatic N) is 1. The van der Waals surface area contributed by atoms with Crippen molar-refractivity contribution in [2.45, 2.75) is 6.54 Å². The van der Waals surface area contributed by atoms with Crippen LogP contribution in [0.5, 0.6) is 0 Å². The summed E-state index contributed by atoms with van der Waals surface area (Å²) in [6.07, 6.45) is 1.40. The summed E-state index contributed by atoms with van der Waals surface area (Å²) in [4.78, 5) is 19.1. The Kier molecular flexibility index (Phi) is 3.37. The van der Waals surface area contributed by atoms with Gasteiger partial charge in [0.25, 0.3) is 5.56 Å². The average molecular weight is 333 g/mol. The van der Waals surface area contributed by atoms with Crippen LogP contribution in [0.4, 0.5) is 5.82 Å². The first-order valence-corrected chi connectivity index (χ1v) is 6.22. The second kappa shape index (κ2) is 4.75. The van der Waals surface area contributed by atoms with Crippen LogP contribution in [0.2, 0.25) is 0 Å². The third-order valence-corrected chi connectivity index (χ3v) is 3.68. The van der Waals surface area contributed by atoms with E-state index in [4.69, 9.17) is 0 Å². The molecule has 0 amide bonds. The maximum Gasteiger partial charge on any atom is 0.266 e. The molecule has 0 fully saturated rings. The Labute approximate surface area is 104 Å². The van der Waals surface area contributed by atoms with Gasteiger partial charge < -0.3 is 10.3 Å². The summed E-state index contributed by atoms with van der Waals surface area (Å²) in [7, 11) is 0. The number of anilines is 1. The Morgan fingerprint density at radius 3 is 3.20 bits per heavy atom. The number of thiophene rings is 1. The smallest absolute Gasteiger partial charge is 0.266 e. The number of aromatic nitrogens is 2. The average Bonchev–Trinajstić information content (AvgIpc) is 2.73. The van der Waals surface area contributed by atoms with E-state index in [1.165, 1.54) is 11.2 Å². The van der Waals surface area contributed by atoms with Crippen LogP contribution in [0.1, 0.15) is 4.88 Å². The number of nitrogens with one attached hydrogen (secondary N) is 2. The van der Waals surface area contributed by atoms with E-state index in [0.29, 0.717) is 15.9 Å². The summed E-state index contributed by atoms with van der Waals surface area (Å²) < 4.78 is 0.589. The van der Waals surface area contributed by atoms with Gasteiger partial charge in [0.2, 0.25) is 0 Å². The maximum absolute atomic E-state index is 11.3. The molecule has 0 atom stereocenters. The number of aromatic amines is 1. The van der Waals surface area contributed by atoms with Gasteiger partial charge in [0.1, 0.15) is 9.39 Å². The van der Waals surface area contributed by atoms with Crippen LogP contribution in [0.25, 0.3) is 0 Å². The van der Waals surface area contributed by atoms with Crippen molar-refractivity contribution in [1.29, 1.82) is 0 Å². The predicted octanol–water partition coefficient (Wildman–Crippen LogP) is 2.05. The van der Waals surface area contributed by atoms with E-state index in [2.05, 4.69) is 15.3 Å². The third kappa shape index (κ3) is 2.57. The largest absolute Gasteiger partial charge is 0.364 e. The lowest BCUT2D eigenvalue weighted by Gasteiger charge is -2.04. The fraction of sp³-hybridized carbons (Fsp3) is 0.111. The molecule has 0 aliphatic heterocycles. The van der Waals surface area contributed by atoms with Crippen molar-refractivity contribution in [2.24, 2.45) is 0 Å². The molecule has 0 bridgehead atoms. The molecular weight excluding hydrogens is 325 g/mol. The first-order chi connectivity index (χ1) is 7.27. The summed E-state index contributed by atoms with van der Waals surface area (Å²) in [5, 5.41) is 5.15. The number of halogens is 1. The zero-order chi connectivity index (χ0) is 10.7. The Morgan fingerprint density at radius 1 is 1.60 bits per heavy atom. The lowest BCUT2D eigenvalue weighted by atomic mass is 10.4. The molecule has 0 spiro atoms. The lowest BCUT2D eigenvalue weighted by Crippen LogP contribution is -2.14. The number of rotatable bonds is 3. The molecule has 2 heterocycles. The van der Waals surface area contributed by atoms with Crippen LogP contribution in [0.15, 0.2) is 28.6 Å². The first-order valence-electron chi connectivity index (χ1n) is 4.27. The van der Waals surface area contributed by atoms with Crippen molar-refractivity contribution in [3.05, 3.63) is 42.6 Å². The van der Waals surface area contributed by atoms with Crippen LogP contribution in [-0.4, -0.2) is 9.97 Å². The van der Waals surface area contributed by atoms with E-state index in [1.807, 2.05) is 40.1 Å². The van der Waals surface area contributed by atoms with Gasteiger partial charge in [-0.15, -0.1) is 11.3 Å². The molecule has 15 heavy (non-hydrogen) atoms. The SMILES string of the molecule is O=c1[nH]cnc(NCc2cccs2)c1I. The summed E-state index contributed by atoms with van der Waals surface area (Å²) in [5.74, 6) is 0.632. The van der Waals surface area contributed by atoms with Gasteiger partial charge in [-0.3, -0.25) is 4.79 Å². The van der Waals surface area contributed by atoms with E-state index < -0.39 is 0 Å². The second-order valence-electron chi connectivity index (χ2n) is 2.83. The maximum atomic E-state index is 11.3. The van der Waals surface area contributed by atoms with Gasteiger partial charge in [0.05, 0.1) is 12.9 Å². The van der Waals surface area contributed by atoms with Gasteiger partial charge in [0, 0.05) is 4.88 Å². The van der Waals surface area contributed by atoms with Crippen molar-refractivity contribution in [2.75, 3.05) is 5.32 Å². The fourth-order valence-corrected chi connectivity index (χ4v) is 2.22. The zero-order valence-corrected chi connectivity index (χ0v) is 10.6. The van der Waals surface area contributed by atoms with Gasteiger partial charge in [-0.25, -0.2) is 4.98 Å². The minimum absolute atomic E-state index is 0.112. The Bertz CT molecular complexity index is 494. The third-order valence-electron chi connectivity index (χ3n) is 1.81. The lowest BCUT2D eigenvalue weighted by molar-refractivity contribution is 1.06. The fourth-order valence-electron chi connectivity index (χ4n) is 1.09. The number of hydrogen-bond donors (Lipinski definition) is 2. The van der Waals surface area contributed by atoms with Crippen molar-refractivity contribution in [1.82, 2.24) is 9.97 Å². The van der Waals surface area contributed by atoms with Crippen LogP contribution >= 0.6 is 33.9 Å². The molecule has 2 aromatic rings. The van der Waals surface area contributed by atoms with Gasteiger partial charge in [-0.05, 0) is 34.0 Å². The minimum atomic E-state index is -0.112. The highest BCUT2D eigenvalue weighted by molar-refractivity contribution is 14.1. The molecule has 2 aromatic heterocycles. The highest BCUT2D eigenvalue weighted by Crippen LogP contribution is 2.13. The molecule has 0 unspecified atom stereocenters. The van der Waals surface area contributed by atoms with E-state index in [0.717, 1.165) is 0 Å². The first kappa shape index (κ1) is 10.6. The zero-order valence-electron chi connectivity index (χ0n) is 7.66. The summed E-state index contributed by atoms with van der Waals surface area (Å²) in [6, 6.07) is 4.04. The van der Waals surface area contributed by atoms with Gasteiger partial charge in [-0.1, -0.05) is 6.07 Å². The topological polar surface area (TPSA) is 57.8 Å². The highest BCUT2D eigenvalue weighted by Gasteiger charge is 2.04. The Balaban J connectivity index is 2.12. The second-order valence-corrected chi connectivity index (χ2v) is 4.94. The van der Waals surface area contributed by atoms with E-state index in [1.54, 1.807) is 11.3 Å². The minimum Gasteiger partial charge on any atom is -0.364 e. The van der Waals surface area contributed by atoms with Crippen LogP contribution in [0, 0.1) is 3.57 Å². The van der Waals surface area contributed by atoms with Crippen LogP contribution in [-0.2, 0) is 6.54 Å². The molecule has 0 aromatic carbocycles. The predicted molar refractivity (Wildman–Crippen MR) is 69.2 cm³/mol. The highest BCUT2D eigenvalue weighted by atomic mass is 127. The Morgan fingerprint density at radius 2 is 2.47 bits per heavy atom. The standard InChI is InChI=1S/C9H8IN3OS/c10-7-8(12-5-13-9(7)14)11-4-6-2-1-3-15-6/h1-3,5H,4H2,(H2,11,12,13,14). The van der Waals surface area contributed by atoms with Gasteiger partial charge in [-0.2, -0.15) is 0 Å². The van der Waals surface area contributed by atoms with Gasteiger partial charge in [0.15, 0.2) is 0 Å². The van der Waals surface area contributed by atoms with Crippen molar-refractivity contribution < 1.29 is 0 Å².